The Kier molecular flexibility index (Phi) is 4.69. The molecule has 0 aromatic rings. The summed E-state index contributed by atoms with van der Waals surface area (Å²) in [5, 5.41) is 2.72. The zero-order valence-electron chi connectivity index (χ0n) is 17.4. The molecule has 0 aromatic carbocycles. The van der Waals surface area contributed by atoms with E-state index >= 15 is 0 Å². The SMILES string of the molecule is CC(C)(C)OC(=O)NCC12COC(O1)[C@H](N1C(=O)CCC1=O)C1OC(C)(C)OC12. The van der Waals surface area contributed by atoms with Gasteiger partial charge in [0, 0.05) is 12.8 Å². The van der Waals surface area contributed by atoms with Crippen LogP contribution < -0.4 is 5.32 Å². The highest BCUT2D eigenvalue weighted by Gasteiger charge is 2.68. The summed E-state index contributed by atoms with van der Waals surface area (Å²) in [6.45, 7) is 9.06. The lowest BCUT2D eigenvalue weighted by atomic mass is 9.87. The zero-order valence-corrected chi connectivity index (χ0v) is 17.4. The molecule has 29 heavy (non-hydrogen) atoms. The first-order valence-corrected chi connectivity index (χ1v) is 9.88. The van der Waals surface area contributed by atoms with Crippen molar-refractivity contribution in [2.75, 3.05) is 13.2 Å². The van der Waals surface area contributed by atoms with Gasteiger partial charge in [0.15, 0.2) is 12.1 Å². The Bertz CT molecular complexity index is 716. The van der Waals surface area contributed by atoms with E-state index in [1.807, 2.05) is 0 Å². The van der Waals surface area contributed by atoms with E-state index in [1.54, 1.807) is 34.6 Å². The molecule has 4 fully saturated rings. The smallest absolute Gasteiger partial charge is 0.407 e. The number of fused-ring (bicyclic) bond motifs is 4. The highest BCUT2D eigenvalue weighted by molar-refractivity contribution is 6.02. The number of hydrogen-bond donors (Lipinski definition) is 1. The van der Waals surface area contributed by atoms with Gasteiger partial charge >= 0.3 is 6.09 Å². The highest BCUT2D eigenvalue weighted by atomic mass is 16.8. The predicted molar refractivity (Wildman–Crippen MR) is 96.5 cm³/mol. The van der Waals surface area contributed by atoms with Crippen LogP contribution in [0.25, 0.3) is 0 Å². The number of rotatable bonds is 3. The summed E-state index contributed by atoms with van der Waals surface area (Å²) in [4.78, 5) is 38.1. The molecule has 0 aromatic heterocycles. The van der Waals surface area contributed by atoms with Crippen LogP contribution in [0.2, 0.25) is 0 Å². The zero-order chi connectivity index (χ0) is 21.2. The van der Waals surface area contributed by atoms with Crippen molar-refractivity contribution >= 4 is 17.9 Å². The summed E-state index contributed by atoms with van der Waals surface area (Å²) in [5.41, 5.74) is -1.65. The van der Waals surface area contributed by atoms with Gasteiger partial charge in [-0.3, -0.25) is 14.5 Å². The van der Waals surface area contributed by atoms with Crippen LogP contribution in [0, 0.1) is 0 Å². The van der Waals surface area contributed by atoms with Crippen LogP contribution in [-0.4, -0.2) is 77.5 Å². The van der Waals surface area contributed by atoms with Crippen molar-refractivity contribution in [3.05, 3.63) is 0 Å². The molecule has 4 unspecified atom stereocenters. The van der Waals surface area contributed by atoms with Crippen molar-refractivity contribution in [3.8, 4) is 0 Å². The Hall–Kier alpha value is -1.75. The highest BCUT2D eigenvalue weighted by Crippen LogP contribution is 2.48. The van der Waals surface area contributed by atoms with Gasteiger partial charge in [0.05, 0.1) is 13.2 Å². The van der Waals surface area contributed by atoms with Gasteiger partial charge in [-0.15, -0.1) is 0 Å². The molecule has 1 N–H and O–H groups in total. The second-order valence-electron chi connectivity index (χ2n) is 9.39. The molecule has 4 saturated heterocycles. The van der Waals surface area contributed by atoms with Gasteiger partial charge in [-0.2, -0.15) is 0 Å². The molecule has 10 heteroatoms. The molecular weight excluding hydrogens is 384 g/mol. The van der Waals surface area contributed by atoms with E-state index in [0.29, 0.717) is 0 Å². The fourth-order valence-corrected chi connectivity index (χ4v) is 4.36. The second-order valence-corrected chi connectivity index (χ2v) is 9.39. The van der Waals surface area contributed by atoms with E-state index in [2.05, 4.69) is 5.32 Å². The number of imide groups is 1. The monoisotopic (exact) mass is 412 g/mol. The first-order valence-electron chi connectivity index (χ1n) is 9.88. The molecule has 4 heterocycles. The minimum atomic E-state index is -1.01. The molecule has 2 bridgehead atoms. The van der Waals surface area contributed by atoms with Crippen LogP contribution >= 0.6 is 0 Å². The fraction of sp³-hybridized carbons (Fsp3) is 0.842. The minimum absolute atomic E-state index is 0.0770. The third-order valence-electron chi connectivity index (χ3n) is 5.42. The lowest BCUT2D eigenvalue weighted by Gasteiger charge is -2.44. The maximum Gasteiger partial charge on any atom is 0.407 e. The number of carbonyl (C=O) groups is 3. The molecule has 0 aliphatic carbocycles. The number of likely N-dealkylation sites (tertiary alicyclic amines) is 1. The summed E-state index contributed by atoms with van der Waals surface area (Å²) < 4.78 is 29.5. The number of ether oxygens (including phenoxy) is 5. The molecule has 162 valence electrons. The van der Waals surface area contributed by atoms with Gasteiger partial charge in [-0.25, -0.2) is 4.79 Å². The van der Waals surface area contributed by atoms with E-state index in [9.17, 15) is 14.4 Å². The van der Waals surface area contributed by atoms with Crippen LogP contribution in [-0.2, 0) is 33.3 Å². The van der Waals surface area contributed by atoms with E-state index in [-0.39, 0.29) is 37.8 Å². The van der Waals surface area contributed by atoms with Gasteiger partial charge in [-0.05, 0) is 34.6 Å². The minimum Gasteiger partial charge on any atom is -0.444 e. The Labute approximate surface area is 169 Å². The number of nitrogens with one attached hydrogen (secondary N) is 1. The van der Waals surface area contributed by atoms with E-state index < -0.39 is 47.6 Å². The summed E-state index contributed by atoms with van der Waals surface area (Å²) in [7, 11) is 0. The maximum absolute atomic E-state index is 12.4. The van der Waals surface area contributed by atoms with Crippen LogP contribution in [0.3, 0.4) is 0 Å². The van der Waals surface area contributed by atoms with Crippen LogP contribution in [0.15, 0.2) is 0 Å². The van der Waals surface area contributed by atoms with Gasteiger partial charge in [-0.1, -0.05) is 0 Å². The van der Waals surface area contributed by atoms with Gasteiger partial charge in [0.1, 0.15) is 29.5 Å². The van der Waals surface area contributed by atoms with Crippen LogP contribution in [0.1, 0.15) is 47.5 Å². The molecule has 5 atom stereocenters. The molecule has 0 spiro atoms. The molecule has 0 radical (unpaired) electrons. The molecule has 4 aliphatic rings. The summed E-state index contributed by atoms with van der Waals surface area (Å²) in [6, 6.07) is -0.735. The molecule has 4 rings (SSSR count). The van der Waals surface area contributed by atoms with E-state index in [4.69, 9.17) is 23.7 Å². The fourth-order valence-electron chi connectivity index (χ4n) is 4.36. The Morgan fingerprint density at radius 3 is 2.45 bits per heavy atom. The van der Waals surface area contributed by atoms with Gasteiger partial charge < -0.3 is 29.0 Å². The third kappa shape index (κ3) is 3.63. The average molecular weight is 412 g/mol. The Morgan fingerprint density at radius 1 is 1.17 bits per heavy atom. The summed E-state index contributed by atoms with van der Waals surface area (Å²) in [6.07, 6.45) is -2.37. The van der Waals surface area contributed by atoms with Gasteiger partial charge in [0.2, 0.25) is 11.8 Å². The topological polar surface area (TPSA) is 113 Å². The standard InChI is InChI=1S/C19H28N2O8/c1-17(2,3)29-16(24)20-8-19-9-25-15(28-19)12(21-10(22)6-7-11(21)23)13-14(19)27-18(4,5)26-13/h12-15H,6-9H2,1-5H3,(H,20,24)/t12-,13?,14?,15?,19?/m1/s1. The number of hydrogen-bond acceptors (Lipinski definition) is 8. The van der Waals surface area contributed by atoms with Crippen LogP contribution in [0.5, 0.6) is 0 Å². The van der Waals surface area contributed by atoms with Crippen molar-refractivity contribution < 1.29 is 38.1 Å². The van der Waals surface area contributed by atoms with Crippen LogP contribution in [0.4, 0.5) is 4.79 Å². The Morgan fingerprint density at radius 2 is 1.83 bits per heavy atom. The van der Waals surface area contributed by atoms with E-state index in [1.165, 1.54) is 4.90 Å². The first-order chi connectivity index (χ1) is 13.4. The molecule has 4 aliphatic heterocycles. The van der Waals surface area contributed by atoms with Gasteiger partial charge in [0.25, 0.3) is 0 Å². The molecule has 3 amide bonds. The number of nitrogens with zero attached hydrogens (tertiary/aromatic N) is 1. The molecular formula is C19H28N2O8. The molecule has 10 nitrogen and oxygen atoms in total. The Balaban J connectivity index is 1.57. The maximum atomic E-state index is 12.4. The average Bonchev–Trinajstić information content (AvgIpc) is 3.22. The largest absolute Gasteiger partial charge is 0.444 e. The van der Waals surface area contributed by atoms with Crippen molar-refractivity contribution in [2.45, 2.75) is 89.0 Å². The van der Waals surface area contributed by atoms with Crippen molar-refractivity contribution in [2.24, 2.45) is 0 Å². The lowest BCUT2D eigenvalue weighted by molar-refractivity contribution is -0.213. The molecule has 0 saturated carbocycles. The van der Waals surface area contributed by atoms with Crippen molar-refractivity contribution in [1.29, 1.82) is 0 Å². The summed E-state index contributed by atoms with van der Waals surface area (Å²) in [5.74, 6) is -1.48. The predicted octanol–water partition coefficient (Wildman–Crippen LogP) is 0.674. The first kappa shape index (κ1) is 20.5. The number of alkyl carbamates (subject to hydrolysis) is 1. The van der Waals surface area contributed by atoms with Crippen molar-refractivity contribution in [3.63, 3.8) is 0 Å². The van der Waals surface area contributed by atoms with Crippen molar-refractivity contribution in [1.82, 2.24) is 10.2 Å². The third-order valence-corrected chi connectivity index (χ3v) is 5.42. The quantitative estimate of drug-likeness (QED) is 0.673. The lowest BCUT2D eigenvalue weighted by Crippen LogP contribution is -2.67. The number of amides is 3. The normalized spacial score (nSPS) is 38.3. The summed E-state index contributed by atoms with van der Waals surface area (Å²) >= 11 is 0. The second kappa shape index (κ2) is 6.63. The van der Waals surface area contributed by atoms with E-state index in [0.717, 1.165) is 0 Å². The number of carbonyl (C=O) groups excluding carboxylic acids is 3.